The second-order valence-electron chi connectivity index (χ2n) is 7.76. The minimum absolute atomic E-state index is 0.0411. The molecule has 2 aromatic heterocycles. The van der Waals surface area contributed by atoms with Gasteiger partial charge in [0.25, 0.3) is 17.9 Å². The van der Waals surface area contributed by atoms with Crippen LogP contribution in [0.4, 0.5) is 10.1 Å². The van der Waals surface area contributed by atoms with Crippen molar-refractivity contribution in [2.45, 2.75) is 19.9 Å². The third kappa shape index (κ3) is 4.44. The summed E-state index contributed by atoms with van der Waals surface area (Å²) < 4.78 is 21.6. The number of aromatic amines is 1. The number of halogens is 1. The molecule has 10 nitrogen and oxygen atoms in total. The standard InChI is InChI=1S/C22H25FN6O4/c1-3-14-11-29-18(25-21(14)31)10-15(26-29)12-27-6-8-28(9-7-27)17-5-4-16(22(32)24-2)20(19(17)23)33-13-30/h4-5,10-11,13H,3,6-9,12H2,1-2H3,(H,24,32)(H,25,31). The predicted octanol–water partition coefficient (Wildman–Crippen LogP) is 0.941. The lowest BCUT2D eigenvalue weighted by Crippen LogP contribution is -2.46. The SMILES string of the molecule is CCc1cn2nc(CN3CCN(c4ccc(C(=O)NC)c(OC=O)c4F)CC3)cc2[nH]c1=O. The van der Waals surface area contributed by atoms with Gasteiger partial charge in [-0.15, -0.1) is 0 Å². The monoisotopic (exact) mass is 456 g/mol. The number of hydrogen-bond donors (Lipinski definition) is 2. The Labute approximate surface area is 188 Å². The summed E-state index contributed by atoms with van der Waals surface area (Å²) in [6, 6.07) is 4.83. The zero-order valence-electron chi connectivity index (χ0n) is 18.4. The third-order valence-electron chi connectivity index (χ3n) is 5.79. The number of H-pyrrole nitrogens is 1. The first-order valence-electron chi connectivity index (χ1n) is 10.7. The number of carbonyl (C=O) groups excluding carboxylic acids is 2. The van der Waals surface area contributed by atoms with Crippen LogP contribution in [0.15, 0.2) is 29.2 Å². The molecule has 1 aliphatic heterocycles. The summed E-state index contributed by atoms with van der Waals surface area (Å²) in [5.41, 5.74) is 2.28. The van der Waals surface area contributed by atoms with Crippen LogP contribution in [0.25, 0.3) is 5.65 Å². The topological polar surface area (TPSA) is 112 Å². The average molecular weight is 456 g/mol. The van der Waals surface area contributed by atoms with Crippen molar-refractivity contribution in [3.63, 3.8) is 0 Å². The molecule has 174 valence electrons. The molecule has 1 aromatic carbocycles. The fourth-order valence-corrected chi connectivity index (χ4v) is 4.01. The molecule has 2 N–H and O–H groups in total. The molecule has 0 spiro atoms. The number of piperazine rings is 1. The Kier molecular flexibility index (Phi) is 6.40. The lowest BCUT2D eigenvalue weighted by Gasteiger charge is -2.36. The Hall–Kier alpha value is -3.73. The van der Waals surface area contributed by atoms with Crippen LogP contribution in [-0.4, -0.2) is 65.1 Å². The van der Waals surface area contributed by atoms with Gasteiger partial charge in [0, 0.05) is 57.6 Å². The first-order valence-corrected chi connectivity index (χ1v) is 10.7. The highest BCUT2D eigenvalue weighted by molar-refractivity contribution is 5.97. The van der Waals surface area contributed by atoms with Crippen molar-refractivity contribution in [2.24, 2.45) is 0 Å². The van der Waals surface area contributed by atoms with Gasteiger partial charge in [0.2, 0.25) is 0 Å². The molecule has 1 amide bonds. The van der Waals surface area contributed by atoms with Gasteiger partial charge in [0.1, 0.15) is 5.65 Å². The number of aryl methyl sites for hydroxylation is 1. The zero-order valence-corrected chi connectivity index (χ0v) is 18.4. The number of rotatable bonds is 7. The number of carbonyl (C=O) groups is 2. The van der Waals surface area contributed by atoms with E-state index < -0.39 is 11.7 Å². The molecule has 0 unspecified atom stereocenters. The van der Waals surface area contributed by atoms with E-state index in [-0.39, 0.29) is 29.0 Å². The first kappa shape index (κ1) is 22.5. The summed E-state index contributed by atoms with van der Waals surface area (Å²) in [7, 11) is 1.42. The van der Waals surface area contributed by atoms with E-state index in [0.717, 1.165) is 5.69 Å². The van der Waals surface area contributed by atoms with E-state index in [4.69, 9.17) is 4.74 Å². The number of amides is 1. The summed E-state index contributed by atoms with van der Waals surface area (Å²) in [5, 5.41) is 6.96. The van der Waals surface area contributed by atoms with Gasteiger partial charge in [-0.2, -0.15) is 5.10 Å². The number of fused-ring (bicyclic) bond motifs is 1. The third-order valence-corrected chi connectivity index (χ3v) is 5.79. The Balaban J connectivity index is 1.46. The number of nitrogens with one attached hydrogen (secondary N) is 2. The Morgan fingerprint density at radius 2 is 2.06 bits per heavy atom. The van der Waals surface area contributed by atoms with Gasteiger partial charge in [-0.1, -0.05) is 6.92 Å². The Morgan fingerprint density at radius 1 is 1.30 bits per heavy atom. The van der Waals surface area contributed by atoms with Crippen molar-refractivity contribution in [3.05, 3.63) is 57.4 Å². The maximum atomic E-state index is 15.1. The van der Waals surface area contributed by atoms with Gasteiger partial charge in [-0.05, 0) is 18.6 Å². The number of ether oxygens (including phenoxy) is 1. The molecule has 0 bridgehead atoms. The average Bonchev–Trinajstić information content (AvgIpc) is 3.20. The lowest BCUT2D eigenvalue weighted by atomic mass is 10.1. The van der Waals surface area contributed by atoms with Gasteiger partial charge >= 0.3 is 0 Å². The van der Waals surface area contributed by atoms with Crippen LogP contribution in [0, 0.1) is 5.82 Å². The number of aromatic nitrogens is 3. The molecule has 0 saturated carbocycles. The summed E-state index contributed by atoms with van der Waals surface area (Å²) in [6.45, 7) is 5.02. The number of anilines is 1. The fourth-order valence-electron chi connectivity index (χ4n) is 4.01. The van der Waals surface area contributed by atoms with Crippen molar-refractivity contribution >= 4 is 23.7 Å². The van der Waals surface area contributed by atoms with Crippen LogP contribution in [0.5, 0.6) is 5.75 Å². The smallest absolute Gasteiger partial charge is 0.298 e. The number of hydrogen-bond acceptors (Lipinski definition) is 7. The fraction of sp³-hybridized carbons (Fsp3) is 0.364. The second kappa shape index (κ2) is 9.41. The van der Waals surface area contributed by atoms with Crippen molar-refractivity contribution in [1.29, 1.82) is 0 Å². The zero-order chi connectivity index (χ0) is 23.5. The van der Waals surface area contributed by atoms with E-state index in [2.05, 4.69) is 20.3 Å². The van der Waals surface area contributed by atoms with E-state index in [9.17, 15) is 14.4 Å². The molecule has 11 heteroatoms. The Morgan fingerprint density at radius 3 is 2.73 bits per heavy atom. The van der Waals surface area contributed by atoms with E-state index >= 15 is 4.39 Å². The normalized spacial score (nSPS) is 14.5. The van der Waals surface area contributed by atoms with Gasteiger partial charge < -0.3 is 19.9 Å². The Bertz CT molecular complexity index is 1250. The first-order chi connectivity index (χ1) is 15.9. The molecule has 1 aliphatic rings. The van der Waals surface area contributed by atoms with Gasteiger partial charge in [0.15, 0.2) is 11.6 Å². The molecule has 33 heavy (non-hydrogen) atoms. The van der Waals surface area contributed by atoms with Crippen LogP contribution >= 0.6 is 0 Å². The minimum Gasteiger partial charge on any atom is -0.425 e. The molecule has 0 aliphatic carbocycles. The summed E-state index contributed by atoms with van der Waals surface area (Å²) >= 11 is 0. The summed E-state index contributed by atoms with van der Waals surface area (Å²) in [6.07, 6.45) is 2.38. The van der Waals surface area contributed by atoms with Crippen LogP contribution in [0.2, 0.25) is 0 Å². The van der Waals surface area contributed by atoms with Crippen LogP contribution in [-0.2, 0) is 17.8 Å². The maximum Gasteiger partial charge on any atom is 0.298 e. The molecule has 1 saturated heterocycles. The minimum atomic E-state index is -0.743. The van der Waals surface area contributed by atoms with Crippen molar-refractivity contribution < 1.29 is 18.7 Å². The largest absolute Gasteiger partial charge is 0.425 e. The van der Waals surface area contributed by atoms with E-state index in [1.807, 2.05) is 17.9 Å². The maximum absolute atomic E-state index is 15.1. The van der Waals surface area contributed by atoms with Crippen molar-refractivity contribution in [1.82, 2.24) is 24.8 Å². The van der Waals surface area contributed by atoms with Crippen LogP contribution in [0.3, 0.4) is 0 Å². The molecule has 0 atom stereocenters. The number of nitrogens with zero attached hydrogens (tertiary/aromatic N) is 4. The van der Waals surface area contributed by atoms with Gasteiger partial charge in [-0.3, -0.25) is 19.3 Å². The molecule has 4 rings (SSSR count). The summed E-state index contributed by atoms with van der Waals surface area (Å²) in [4.78, 5) is 41.7. The molecule has 3 aromatic rings. The second-order valence-corrected chi connectivity index (χ2v) is 7.76. The quantitative estimate of drug-likeness (QED) is 0.509. The summed E-state index contributed by atoms with van der Waals surface area (Å²) in [5.74, 6) is -1.66. The molecule has 0 radical (unpaired) electrons. The highest BCUT2D eigenvalue weighted by Gasteiger charge is 2.25. The van der Waals surface area contributed by atoms with Crippen molar-refractivity contribution in [2.75, 3.05) is 38.1 Å². The number of benzene rings is 1. The van der Waals surface area contributed by atoms with Gasteiger partial charge in [-0.25, -0.2) is 8.91 Å². The molecule has 3 heterocycles. The van der Waals surface area contributed by atoms with E-state index in [0.29, 0.717) is 50.4 Å². The van der Waals surface area contributed by atoms with E-state index in [1.165, 1.54) is 19.2 Å². The highest BCUT2D eigenvalue weighted by Crippen LogP contribution is 2.32. The van der Waals surface area contributed by atoms with Crippen LogP contribution < -0.4 is 20.5 Å². The predicted molar refractivity (Wildman–Crippen MR) is 119 cm³/mol. The molecular formula is C22H25FN6O4. The van der Waals surface area contributed by atoms with Crippen LogP contribution in [0.1, 0.15) is 28.5 Å². The van der Waals surface area contributed by atoms with Gasteiger partial charge in [0.05, 0.1) is 16.9 Å². The highest BCUT2D eigenvalue weighted by atomic mass is 19.1. The lowest BCUT2D eigenvalue weighted by molar-refractivity contribution is -0.120. The van der Waals surface area contributed by atoms with Crippen molar-refractivity contribution in [3.8, 4) is 5.75 Å². The molecule has 1 fully saturated rings. The van der Waals surface area contributed by atoms with E-state index in [1.54, 1.807) is 10.7 Å². The molecular weight excluding hydrogens is 431 g/mol.